The number of benzene rings is 2. The number of hydrogen-bond acceptors (Lipinski definition) is 4. The van der Waals surface area contributed by atoms with Crippen LogP contribution in [0.4, 0.5) is 5.69 Å². The van der Waals surface area contributed by atoms with Gasteiger partial charge in [0.2, 0.25) is 5.91 Å². The molecule has 130 valence electrons. The number of carbonyl (C=O) groups is 1. The molecule has 0 aliphatic heterocycles. The molecule has 0 atom stereocenters. The summed E-state index contributed by atoms with van der Waals surface area (Å²) in [6.45, 7) is 2.10. The summed E-state index contributed by atoms with van der Waals surface area (Å²) >= 11 is 7.38. The molecule has 2 N–H and O–H groups in total. The first kappa shape index (κ1) is 17.6. The van der Waals surface area contributed by atoms with Crippen molar-refractivity contribution in [1.82, 2.24) is 9.97 Å². The fourth-order valence-electron chi connectivity index (χ4n) is 2.41. The summed E-state index contributed by atoms with van der Waals surface area (Å²) in [5.74, 6) is 0.775. The molecular weight excluding hydrogens is 358 g/mol. The van der Waals surface area contributed by atoms with E-state index in [-0.39, 0.29) is 11.7 Å². The second kappa shape index (κ2) is 7.80. The zero-order chi connectivity index (χ0) is 17.8. The minimum absolute atomic E-state index is 0.0836. The van der Waals surface area contributed by atoms with Gasteiger partial charge in [-0.25, -0.2) is 4.98 Å². The Morgan fingerprint density at radius 1 is 1.32 bits per heavy atom. The van der Waals surface area contributed by atoms with E-state index in [1.165, 1.54) is 17.3 Å². The van der Waals surface area contributed by atoms with Gasteiger partial charge in [-0.1, -0.05) is 42.4 Å². The molecule has 1 amide bonds. The van der Waals surface area contributed by atoms with Crippen LogP contribution in [0.2, 0.25) is 5.02 Å². The molecule has 0 saturated carbocycles. The lowest BCUT2D eigenvalue weighted by Crippen LogP contribution is -2.14. The molecule has 0 aliphatic carbocycles. The van der Waals surface area contributed by atoms with Crippen LogP contribution < -0.4 is 10.1 Å². The molecule has 7 heteroatoms. The van der Waals surface area contributed by atoms with Crippen molar-refractivity contribution in [3.05, 3.63) is 47.0 Å². The van der Waals surface area contributed by atoms with Crippen molar-refractivity contribution in [1.29, 1.82) is 0 Å². The maximum atomic E-state index is 12.1. The van der Waals surface area contributed by atoms with E-state index < -0.39 is 0 Å². The second-order valence-corrected chi connectivity index (χ2v) is 6.83. The number of H-pyrrole nitrogens is 1. The molecule has 0 aliphatic rings. The molecule has 0 spiro atoms. The van der Waals surface area contributed by atoms with Crippen molar-refractivity contribution < 1.29 is 9.53 Å². The van der Waals surface area contributed by atoms with E-state index in [0.717, 1.165) is 17.6 Å². The Morgan fingerprint density at radius 2 is 2.08 bits per heavy atom. The van der Waals surface area contributed by atoms with Crippen molar-refractivity contribution in [3.8, 4) is 5.75 Å². The Labute approximate surface area is 155 Å². The van der Waals surface area contributed by atoms with E-state index in [4.69, 9.17) is 16.3 Å². The van der Waals surface area contributed by atoms with Crippen LogP contribution in [0.15, 0.2) is 41.6 Å². The van der Waals surface area contributed by atoms with Gasteiger partial charge in [0.1, 0.15) is 11.3 Å². The van der Waals surface area contributed by atoms with Crippen molar-refractivity contribution in [2.75, 3.05) is 18.2 Å². The first-order valence-electron chi connectivity index (χ1n) is 7.84. The molecule has 0 fully saturated rings. The van der Waals surface area contributed by atoms with Crippen molar-refractivity contribution >= 4 is 46.0 Å². The number of nitrogens with one attached hydrogen (secondary N) is 2. The molecule has 0 bridgehead atoms. The standard InChI is InChI=1S/C18H18ClN3O2S/c1-3-11-4-6-13(7-5-11)20-16(23)10-25-18-21-14-8-12(19)9-15(24-2)17(14)22-18/h4-9H,3,10H2,1-2H3,(H,20,23)(H,21,22). The molecule has 0 unspecified atom stereocenters. The monoisotopic (exact) mass is 375 g/mol. The Kier molecular flexibility index (Phi) is 5.50. The first-order chi connectivity index (χ1) is 12.1. The van der Waals surface area contributed by atoms with E-state index in [2.05, 4.69) is 22.2 Å². The number of rotatable bonds is 6. The Bertz CT molecular complexity index is 893. The summed E-state index contributed by atoms with van der Waals surface area (Å²) < 4.78 is 5.29. The van der Waals surface area contributed by atoms with Gasteiger partial charge in [0.05, 0.1) is 18.4 Å². The van der Waals surface area contributed by atoms with Gasteiger partial charge in [0, 0.05) is 16.8 Å². The third kappa shape index (κ3) is 4.27. The molecule has 25 heavy (non-hydrogen) atoms. The number of anilines is 1. The van der Waals surface area contributed by atoms with E-state index in [9.17, 15) is 4.79 Å². The van der Waals surface area contributed by atoms with E-state index in [0.29, 0.717) is 21.4 Å². The number of fused-ring (bicyclic) bond motifs is 1. The van der Waals surface area contributed by atoms with Crippen LogP contribution in [-0.4, -0.2) is 28.7 Å². The van der Waals surface area contributed by atoms with Crippen LogP contribution in [0.5, 0.6) is 5.75 Å². The highest BCUT2D eigenvalue weighted by atomic mass is 35.5. The first-order valence-corrected chi connectivity index (χ1v) is 9.20. The highest BCUT2D eigenvalue weighted by molar-refractivity contribution is 7.99. The number of aryl methyl sites for hydroxylation is 1. The predicted molar refractivity (Wildman–Crippen MR) is 103 cm³/mol. The third-order valence-electron chi connectivity index (χ3n) is 3.70. The summed E-state index contributed by atoms with van der Waals surface area (Å²) in [5.41, 5.74) is 3.51. The normalized spacial score (nSPS) is 10.8. The largest absolute Gasteiger partial charge is 0.494 e. The number of carbonyl (C=O) groups excluding carboxylic acids is 1. The van der Waals surface area contributed by atoms with Crippen LogP contribution in [0.1, 0.15) is 12.5 Å². The molecule has 3 rings (SSSR count). The Balaban J connectivity index is 1.64. The fourth-order valence-corrected chi connectivity index (χ4v) is 3.29. The van der Waals surface area contributed by atoms with Gasteiger partial charge in [-0.15, -0.1) is 0 Å². The number of imidazole rings is 1. The number of methoxy groups -OCH3 is 1. The van der Waals surface area contributed by atoms with Crippen molar-refractivity contribution in [2.45, 2.75) is 18.5 Å². The molecule has 0 radical (unpaired) electrons. The Morgan fingerprint density at radius 3 is 2.76 bits per heavy atom. The maximum Gasteiger partial charge on any atom is 0.234 e. The SMILES string of the molecule is CCc1ccc(NC(=O)CSc2nc3c(OC)cc(Cl)cc3[nH]2)cc1. The highest BCUT2D eigenvalue weighted by Crippen LogP contribution is 2.30. The minimum atomic E-state index is -0.0836. The Hall–Kier alpha value is -2.18. The quantitative estimate of drug-likeness (QED) is 0.621. The molecule has 5 nitrogen and oxygen atoms in total. The lowest BCUT2D eigenvalue weighted by molar-refractivity contribution is -0.113. The lowest BCUT2D eigenvalue weighted by atomic mass is 10.1. The maximum absolute atomic E-state index is 12.1. The third-order valence-corrected chi connectivity index (χ3v) is 4.79. The van der Waals surface area contributed by atoms with Crippen LogP contribution >= 0.6 is 23.4 Å². The zero-order valence-electron chi connectivity index (χ0n) is 13.9. The molecule has 1 heterocycles. The fraction of sp³-hybridized carbons (Fsp3) is 0.222. The van der Waals surface area contributed by atoms with Crippen LogP contribution in [0, 0.1) is 0 Å². The van der Waals surface area contributed by atoms with Crippen LogP contribution in [0.3, 0.4) is 0 Å². The number of hydrogen-bond donors (Lipinski definition) is 2. The summed E-state index contributed by atoms with van der Waals surface area (Å²) in [7, 11) is 1.57. The predicted octanol–water partition coefficient (Wildman–Crippen LogP) is 4.52. The topological polar surface area (TPSA) is 67.0 Å². The van der Waals surface area contributed by atoms with Crippen molar-refractivity contribution in [3.63, 3.8) is 0 Å². The van der Waals surface area contributed by atoms with Gasteiger partial charge in [-0.05, 0) is 30.2 Å². The molecule has 3 aromatic rings. The number of ether oxygens (including phenoxy) is 1. The summed E-state index contributed by atoms with van der Waals surface area (Å²) in [6, 6.07) is 11.3. The van der Waals surface area contributed by atoms with Gasteiger partial charge < -0.3 is 15.0 Å². The summed E-state index contributed by atoms with van der Waals surface area (Å²) in [5, 5.41) is 4.09. The van der Waals surface area contributed by atoms with E-state index in [1.54, 1.807) is 19.2 Å². The molecule has 2 aromatic carbocycles. The van der Waals surface area contributed by atoms with Crippen LogP contribution in [-0.2, 0) is 11.2 Å². The van der Waals surface area contributed by atoms with E-state index in [1.807, 2.05) is 24.3 Å². The minimum Gasteiger partial charge on any atom is -0.494 e. The van der Waals surface area contributed by atoms with Crippen molar-refractivity contribution in [2.24, 2.45) is 0 Å². The van der Waals surface area contributed by atoms with Gasteiger partial charge in [-0.2, -0.15) is 0 Å². The van der Waals surface area contributed by atoms with Gasteiger partial charge >= 0.3 is 0 Å². The van der Waals surface area contributed by atoms with Gasteiger partial charge in [-0.3, -0.25) is 4.79 Å². The number of halogens is 1. The number of aromatic nitrogens is 2. The highest BCUT2D eigenvalue weighted by Gasteiger charge is 2.12. The molecule has 1 aromatic heterocycles. The number of thioether (sulfide) groups is 1. The number of aromatic amines is 1. The van der Waals surface area contributed by atoms with E-state index >= 15 is 0 Å². The number of nitrogens with zero attached hydrogens (tertiary/aromatic N) is 1. The average Bonchev–Trinajstić information content (AvgIpc) is 3.02. The second-order valence-electron chi connectivity index (χ2n) is 5.43. The summed E-state index contributed by atoms with van der Waals surface area (Å²) in [4.78, 5) is 19.7. The van der Waals surface area contributed by atoms with Gasteiger partial charge in [0.15, 0.2) is 5.16 Å². The smallest absolute Gasteiger partial charge is 0.234 e. The summed E-state index contributed by atoms with van der Waals surface area (Å²) in [6.07, 6.45) is 0.976. The number of amides is 1. The average molecular weight is 376 g/mol. The molecular formula is C18H18ClN3O2S. The molecule has 0 saturated heterocycles. The van der Waals surface area contributed by atoms with Gasteiger partial charge in [0.25, 0.3) is 0 Å². The zero-order valence-corrected chi connectivity index (χ0v) is 15.5. The van der Waals surface area contributed by atoms with Crippen LogP contribution in [0.25, 0.3) is 11.0 Å². The lowest BCUT2D eigenvalue weighted by Gasteiger charge is -2.05.